The summed E-state index contributed by atoms with van der Waals surface area (Å²) in [6, 6.07) is 5.68. The quantitative estimate of drug-likeness (QED) is 0.324. The smallest absolute Gasteiger partial charge is 0.274 e. The average Bonchev–Trinajstić information content (AvgIpc) is 3.56. The Bertz CT molecular complexity index is 1510. The third-order valence-corrected chi connectivity index (χ3v) is 8.81. The van der Waals surface area contributed by atoms with Crippen LogP contribution in [0.4, 0.5) is 15.8 Å². The van der Waals surface area contributed by atoms with E-state index < -0.39 is 5.82 Å². The van der Waals surface area contributed by atoms with Crippen LogP contribution >= 0.6 is 0 Å². The number of rotatable bonds is 7. The van der Waals surface area contributed by atoms with Crippen molar-refractivity contribution in [3.8, 4) is 17.1 Å². The number of piperazine rings is 1. The number of H-pyrrole nitrogens is 1. The van der Waals surface area contributed by atoms with Gasteiger partial charge in [-0.25, -0.2) is 9.37 Å². The summed E-state index contributed by atoms with van der Waals surface area (Å²) in [6.07, 6.45) is 5.67. The summed E-state index contributed by atoms with van der Waals surface area (Å²) < 4.78 is 19.5. The number of halogens is 1. The van der Waals surface area contributed by atoms with Crippen LogP contribution in [0.2, 0.25) is 0 Å². The van der Waals surface area contributed by atoms with Gasteiger partial charge in [-0.1, -0.05) is 0 Å². The Morgan fingerprint density at radius 1 is 1.16 bits per heavy atom. The maximum atomic E-state index is 14.4. The van der Waals surface area contributed by atoms with Gasteiger partial charge in [0.1, 0.15) is 0 Å². The molecule has 3 fully saturated rings. The van der Waals surface area contributed by atoms with Crippen molar-refractivity contribution in [3.05, 3.63) is 47.8 Å². The van der Waals surface area contributed by atoms with Crippen molar-refractivity contribution in [3.63, 3.8) is 0 Å². The SMILES string of the molecule is COc1cc(-c2cc(C(=O)N3CC[C@H](C(=O)NCc4ncc(N5CC(C)NC(C)C5)cc4N)CC34CC4)n[nH]2)c(F)cn1. The largest absolute Gasteiger partial charge is 0.481 e. The van der Waals surface area contributed by atoms with Crippen molar-refractivity contribution < 1.29 is 18.7 Å². The van der Waals surface area contributed by atoms with Gasteiger partial charge in [0, 0.05) is 54.8 Å². The number of anilines is 2. The van der Waals surface area contributed by atoms with Gasteiger partial charge >= 0.3 is 0 Å². The highest BCUT2D eigenvalue weighted by atomic mass is 19.1. The Balaban J connectivity index is 1.06. The molecule has 43 heavy (non-hydrogen) atoms. The first-order valence-corrected chi connectivity index (χ1v) is 14.8. The molecule has 0 aromatic carbocycles. The first-order chi connectivity index (χ1) is 20.7. The number of likely N-dealkylation sites (tertiary alicyclic amines) is 1. The minimum atomic E-state index is -0.550. The van der Waals surface area contributed by atoms with Crippen LogP contribution < -0.4 is 26.0 Å². The summed E-state index contributed by atoms with van der Waals surface area (Å²) in [5.74, 6) is -0.802. The topological polar surface area (TPSA) is 154 Å². The molecule has 5 heterocycles. The number of carbonyl (C=O) groups excluding carboxylic acids is 2. The van der Waals surface area contributed by atoms with E-state index in [4.69, 9.17) is 10.5 Å². The number of carbonyl (C=O) groups is 2. The second-order valence-electron chi connectivity index (χ2n) is 12.1. The predicted molar refractivity (Wildman–Crippen MR) is 159 cm³/mol. The minimum Gasteiger partial charge on any atom is -0.481 e. The lowest BCUT2D eigenvalue weighted by molar-refractivity contribution is -0.127. The fourth-order valence-electron chi connectivity index (χ4n) is 6.47. The molecule has 228 valence electrons. The van der Waals surface area contributed by atoms with Crippen molar-refractivity contribution >= 4 is 23.2 Å². The number of nitrogens with zero attached hydrogens (tertiary/aromatic N) is 5. The third kappa shape index (κ3) is 5.85. The van der Waals surface area contributed by atoms with E-state index in [0.29, 0.717) is 48.5 Å². The molecule has 3 aromatic heterocycles. The van der Waals surface area contributed by atoms with Crippen LogP contribution in [-0.4, -0.2) is 81.2 Å². The van der Waals surface area contributed by atoms with Crippen molar-refractivity contribution in [2.24, 2.45) is 5.92 Å². The van der Waals surface area contributed by atoms with E-state index in [0.717, 1.165) is 37.8 Å². The molecular weight excluding hydrogens is 553 g/mol. The molecule has 12 nitrogen and oxygen atoms in total. The first kappa shape index (κ1) is 28.8. The molecule has 0 bridgehead atoms. The molecule has 3 aliphatic rings. The van der Waals surface area contributed by atoms with Crippen molar-refractivity contribution in [2.75, 3.05) is 37.4 Å². The molecule has 5 N–H and O–H groups in total. The Morgan fingerprint density at radius 3 is 2.63 bits per heavy atom. The number of hydrogen-bond donors (Lipinski definition) is 4. The van der Waals surface area contributed by atoms with Crippen LogP contribution in [0.25, 0.3) is 11.3 Å². The summed E-state index contributed by atoms with van der Waals surface area (Å²) in [5, 5.41) is 13.5. The molecule has 2 saturated heterocycles. The first-order valence-electron chi connectivity index (χ1n) is 14.8. The standard InChI is InChI=1S/C30H38FN9O3/c1-17-15-39(16-18(2)36-17)20-8-23(32)26(33-12-20)14-35-28(41)19-4-7-40(30(11-19)5-6-30)29(42)25-10-24(37-38-25)21-9-27(43-3)34-13-22(21)31/h8-10,12-13,17-19,36H,4-7,11,14-16,32H2,1-3H3,(H,35,41)(H,37,38)/t17?,18?,19-/m0/s1. The monoisotopic (exact) mass is 591 g/mol. The molecular formula is C30H38FN9O3. The van der Waals surface area contributed by atoms with Gasteiger partial charge in [-0.15, -0.1) is 0 Å². The molecule has 3 atom stereocenters. The number of nitrogens with two attached hydrogens (primary N) is 1. The summed E-state index contributed by atoms with van der Waals surface area (Å²) in [6.45, 7) is 6.76. The zero-order chi connectivity index (χ0) is 30.3. The number of methoxy groups -OCH3 is 1. The molecule has 3 aromatic rings. The number of ether oxygens (including phenoxy) is 1. The lowest BCUT2D eigenvalue weighted by atomic mass is 9.88. The van der Waals surface area contributed by atoms with E-state index in [1.165, 1.54) is 13.2 Å². The summed E-state index contributed by atoms with van der Waals surface area (Å²) in [5.41, 5.74) is 8.93. The number of aromatic nitrogens is 4. The number of aromatic amines is 1. The number of piperidine rings is 1. The van der Waals surface area contributed by atoms with E-state index >= 15 is 0 Å². The van der Waals surface area contributed by atoms with Crippen LogP contribution in [0, 0.1) is 11.7 Å². The Morgan fingerprint density at radius 2 is 1.93 bits per heavy atom. The highest BCUT2D eigenvalue weighted by Gasteiger charge is 2.54. The minimum absolute atomic E-state index is 0.0578. The second-order valence-corrected chi connectivity index (χ2v) is 12.1. The van der Waals surface area contributed by atoms with Crippen LogP contribution in [-0.2, 0) is 11.3 Å². The van der Waals surface area contributed by atoms with Gasteiger partial charge in [-0.3, -0.25) is 19.7 Å². The fraction of sp³-hybridized carbons (Fsp3) is 0.500. The summed E-state index contributed by atoms with van der Waals surface area (Å²) in [7, 11) is 1.45. The molecule has 2 unspecified atom stereocenters. The average molecular weight is 592 g/mol. The van der Waals surface area contributed by atoms with Crippen LogP contribution in [0.3, 0.4) is 0 Å². The van der Waals surface area contributed by atoms with Crippen molar-refractivity contribution in [1.82, 2.24) is 35.7 Å². The van der Waals surface area contributed by atoms with Gasteiger partial charge in [0.25, 0.3) is 5.91 Å². The van der Waals surface area contributed by atoms with E-state index in [1.54, 1.807) is 6.07 Å². The fourth-order valence-corrected chi connectivity index (χ4v) is 6.47. The predicted octanol–water partition coefficient (Wildman–Crippen LogP) is 2.48. The van der Waals surface area contributed by atoms with Gasteiger partial charge in [0.2, 0.25) is 11.8 Å². The van der Waals surface area contributed by atoms with Crippen LogP contribution in [0.1, 0.15) is 55.7 Å². The van der Waals surface area contributed by atoms with Crippen LogP contribution in [0.5, 0.6) is 5.88 Å². The number of pyridine rings is 2. The highest BCUT2D eigenvalue weighted by Crippen LogP contribution is 2.50. The van der Waals surface area contributed by atoms with E-state index in [9.17, 15) is 14.0 Å². The Hall–Kier alpha value is -4.26. The third-order valence-electron chi connectivity index (χ3n) is 8.81. The van der Waals surface area contributed by atoms with Gasteiger partial charge in [-0.05, 0) is 51.7 Å². The zero-order valence-electron chi connectivity index (χ0n) is 24.7. The van der Waals surface area contributed by atoms with E-state index in [1.807, 2.05) is 17.2 Å². The summed E-state index contributed by atoms with van der Waals surface area (Å²) >= 11 is 0. The van der Waals surface area contributed by atoms with E-state index in [-0.39, 0.29) is 47.0 Å². The van der Waals surface area contributed by atoms with Crippen LogP contribution in [0.15, 0.2) is 30.6 Å². The molecule has 1 spiro atoms. The Labute approximate surface area is 249 Å². The maximum absolute atomic E-state index is 14.4. The van der Waals surface area contributed by atoms with Gasteiger partial charge in [0.05, 0.1) is 48.8 Å². The molecule has 6 rings (SSSR count). The van der Waals surface area contributed by atoms with E-state index in [2.05, 4.69) is 49.5 Å². The zero-order valence-corrected chi connectivity index (χ0v) is 24.7. The van der Waals surface area contributed by atoms with Gasteiger partial charge < -0.3 is 30.9 Å². The normalized spacial score (nSPS) is 22.8. The van der Waals surface area contributed by atoms with Gasteiger partial charge in [0.15, 0.2) is 11.5 Å². The molecule has 0 radical (unpaired) electrons. The second kappa shape index (κ2) is 11.4. The molecule has 13 heteroatoms. The molecule has 1 aliphatic carbocycles. The number of hydrogen-bond acceptors (Lipinski definition) is 9. The maximum Gasteiger partial charge on any atom is 0.274 e. The lowest BCUT2D eigenvalue weighted by Gasteiger charge is -2.39. The number of amides is 2. The number of nitrogen functional groups attached to an aromatic ring is 1. The molecule has 1 saturated carbocycles. The summed E-state index contributed by atoms with van der Waals surface area (Å²) in [4.78, 5) is 39.2. The van der Waals surface area contributed by atoms with Crippen molar-refractivity contribution in [1.29, 1.82) is 0 Å². The Kier molecular flexibility index (Phi) is 7.67. The van der Waals surface area contributed by atoms with Gasteiger partial charge in [-0.2, -0.15) is 5.10 Å². The number of nitrogens with one attached hydrogen (secondary N) is 3. The lowest BCUT2D eigenvalue weighted by Crippen LogP contribution is -2.54. The highest BCUT2D eigenvalue weighted by molar-refractivity contribution is 5.94. The molecule has 2 amide bonds. The molecule has 2 aliphatic heterocycles. The van der Waals surface area contributed by atoms with Crippen molar-refractivity contribution in [2.45, 2.75) is 63.7 Å².